The maximum atomic E-state index is 12.0. The molecule has 4 unspecified atom stereocenters. The quantitative estimate of drug-likeness (QED) is 0.642. The minimum atomic E-state index is -0.840. The van der Waals surface area contributed by atoms with Gasteiger partial charge in [-0.2, -0.15) is 0 Å². The van der Waals surface area contributed by atoms with Crippen molar-refractivity contribution in [2.75, 3.05) is 47.4 Å². The SMILES string of the molecule is CCOC1=CC2C(CN(C)C)C[C@@H]3[C@@H]([C@@H](O)C[C@@]4(C)[C@@H]3CCC43OCOC34COCO4)[C@@]2(C)CC1. The fraction of sp³-hybridized carbons (Fsp3) is 0.929. The van der Waals surface area contributed by atoms with Crippen molar-refractivity contribution in [3.63, 3.8) is 0 Å². The molecule has 2 spiro atoms. The van der Waals surface area contributed by atoms with Gasteiger partial charge in [0, 0.05) is 18.4 Å². The summed E-state index contributed by atoms with van der Waals surface area (Å²) in [5.41, 5.74) is -0.709. The summed E-state index contributed by atoms with van der Waals surface area (Å²) in [5, 5.41) is 12.0. The molecule has 3 saturated carbocycles. The molecular formula is C28H45NO6. The Balaban J connectivity index is 1.39. The zero-order valence-electron chi connectivity index (χ0n) is 22.3. The number of allylic oxidation sites excluding steroid dienone is 2. The van der Waals surface area contributed by atoms with Crippen LogP contribution in [0.2, 0.25) is 0 Å². The molecule has 7 nitrogen and oxygen atoms in total. The van der Waals surface area contributed by atoms with E-state index in [0.717, 1.165) is 57.4 Å². The van der Waals surface area contributed by atoms with Crippen molar-refractivity contribution in [3.05, 3.63) is 11.8 Å². The predicted octanol–water partition coefficient (Wildman–Crippen LogP) is 3.76. The summed E-state index contributed by atoms with van der Waals surface area (Å²) in [5.74, 6) is 2.51. The summed E-state index contributed by atoms with van der Waals surface area (Å²) < 4.78 is 30.6. The van der Waals surface area contributed by atoms with Crippen molar-refractivity contribution in [3.8, 4) is 0 Å². The third-order valence-electron chi connectivity index (χ3n) is 11.3. The van der Waals surface area contributed by atoms with Gasteiger partial charge in [0.25, 0.3) is 0 Å². The molecule has 0 radical (unpaired) electrons. The van der Waals surface area contributed by atoms with Crippen molar-refractivity contribution in [2.24, 2.45) is 40.4 Å². The fourth-order valence-electron chi connectivity index (χ4n) is 10.1. The van der Waals surface area contributed by atoms with Gasteiger partial charge in [0.2, 0.25) is 5.79 Å². The van der Waals surface area contributed by atoms with E-state index in [1.807, 2.05) is 0 Å². The number of hydrogen-bond acceptors (Lipinski definition) is 7. The first-order chi connectivity index (χ1) is 16.7. The van der Waals surface area contributed by atoms with E-state index in [4.69, 9.17) is 23.7 Å². The van der Waals surface area contributed by atoms with Crippen molar-refractivity contribution < 1.29 is 28.8 Å². The van der Waals surface area contributed by atoms with E-state index in [2.05, 4.69) is 45.8 Å². The zero-order valence-corrected chi connectivity index (χ0v) is 22.3. The first-order valence-corrected chi connectivity index (χ1v) is 13.9. The van der Waals surface area contributed by atoms with Crippen LogP contribution in [0.1, 0.15) is 59.3 Å². The smallest absolute Gasteiger partial charge is 0.226 e. The van der Waals surface area contributed by atoms with Crippen molar-refractivity contribution in [2.45, 2.75) is 76.8 Å². The largest absolute Gasteiger partial charge is 0.499 e. The minimum absolute atomic E-state index is 0.0678. The molecule has 2 aliphatic heterocycles. The summed E-state index contributed by atoms with van der Waals surface area (Å²) in [6.45, 7) is 9.58. The van der Waals surface area contributed by atoms with E-state index >= 15 is 0 Å². The Hall–Kier alpha value is -0.700. The van der Waals surface area contributed by atoms with E-state index in [1.165, 1.54) is 0 Å². The average molecular weight is 492 g/mol. The summed E-state index contributed by atoms with van der Waals surface area (Å²) in [4.78, 5) is 2.34. The number of rotatable bonds is 4. The second kappa shape index (κ2) is 8.40. The molecule has 4 aliphatic carbocycles. The van der Waals surface area contributed by atoms with Gasteiger partial charge >= 0.3 is 0 Å². The molecule has 35 heavy (non-hydrogen) atoms. The second-order valence-electron chi connectivity index (χ2n) is 13.0. The Kier molecular flexibility index (Phi) is 5.91. The van der Waals surface area contributed by atoms with Crippen LogP contribution in [-0.4, -0.2) is 74.9 Å². The van der Waals surface area contributed by atoms with Crippen LogP contribution in [0.15, 0.2) is 11.8 Å². The maximum Gasteiger partial charge on any atom is 0.226 e. The van der Waals surface area contributed by atoms with E-state index in [9.17, 15) is 5.11 Å². The fourth-order valence-corrected chi connectivity index (χ4v) is 10.1. The summed E-state index contributed by atoms with van der Waals surface area (Å²) in [6, 6.07) is 0. The van der Waals surface area contributed by atoms with Gasteiger partial charge in [-0.1, -0.05) is 13.8 Å². The normalized spacial score (nSPS) is 53.1. The molecule has 6 aliphatic rings. The minimum Gasteiger partial charge on any atom is -0.499 e. The first kappa shape index (κ1) is 24.6. The van der Waals surface area contributed by atoms with E-state index < -0.39 is 11.4 Å². The van der Waals surface area contributed by atoms with E-state index in [0.29, 0.717) is 30.3 Å². The molecule has 198 valence electrons. The summed E-state index contributed by atoms with van der Waals surface area (Å²) in [6.07, 6.45) is 8.00. The Labute approximate surface area is 210 Å². The molecule has 0 aromatic carbocycles. The lowest BCUT2D eigenvalue weighted by atomic mass is 9.42. The van der Waals surface area contributed by atoms with Gasteiger partial charge < -0.3 is 33.7 Å². The monoisotopic (exact) mass is 491 g/mol. The molecule has 7 heteroatoms. The van der Waals surface area contributed by atoms with Gasteiger partial charge in [-0.25, -0.2) is 0 Å². The molecule has 10 atom stereocenters. The number of hydrogen-bond donors (Lipinski definition) is 1. The highest BCUT2D eigenvalue weighted by atomic mass is 16.9. The van der Waals surface area contributed by atoms with Crippen molar-refractivity contribution >= 4 is 0 Å². The molecule has 0 aromatic heterocycles. The number of aliphatic hydroxyl groups is 1. The van der Waals surface area contributed by atoms with Gasteiger partial charge in [0.15, 0.2) is 13.6 Å². The van der Waals surface area contributed by atoms with Gasteiger partial charge in [0.05, 0.1) is 18.5 Å². The number of ether oxygens (including phenoxy) is 5. The lowest BCUT2D eigenvalue weighted by Gasteiger charge is -2.64. The lowest BCUT2D eigenvalue weighted by Crippen LogP contribution is -2.67. The third kappa shape index (κ3) is 3.24. The van der Waals surface area contributed by atoms with Crippen LogP contribution in [0.5, 0.6) is 0 Å². The van der Waals surface area contributed by atoms with Crippen LogP contribution >= 0.6 is 0 Å². The van der Waals surface area contributed by atoms with Crippen LogP contribution in [-0.2, 0) is 23.7 Å². The molecular weight excluding hydrogens is 446 g/mol. The van der Waals surface area contributed by atoms with Gasteiger partial charge in [-0.15, -0.1) is 0 Å². The molecule has 6 rings (SSSR count). The van der Waals surface area contributed by atoms with Crippen molar-refractivity contribution in [1.29, 1.82) is 0 Å². The Morgan fingerprint density at radius 3 is 2.66 bits per heavy atom. The Morgan fingerprint density at radius 1 is 1.14 bits per heavy atom. The first-order valence-electron chi connectivity index (χ1n) is 13.9. The number of fused-ring (bicyclic) bond motifs is 7. The van der Waals surface area contributed by atoms with E-state index in [-0.39, 0.29) is 36.4 Å². The summed E-state index contributed by atoms with van der Waals surface area (Å²) >= 11 is 0. The zero-order chi connectivity index (χ0) is 24.6. The number of aliphatic hydroxyl groups excluding tert-OH is 1. The maximum absolute atomic E-state index is 12.0. The van der Waals surface area contributed by atoms with E-state index in [1.54, 1.807) is 0 Å². The highest BCUT2D eigenvalue weighted by molar-refractivity contribution is 5.24. The van der Waals surface area contributed by atoms with Crippen LogP contribution in [0, 0.1) is 40.4 Å². The van der Waals surface area contributed by atoms with Crippen molar-refractivity contribution in [1.82, 2.24) is 4.90 Å². The highest BCUT2D eigenvalue weighted by Gasteiger charge is 2.77. The molecule has 0 aromatic rings. The molecule has 5 fully saturated rings. The van der Waals surface area contributed by atoms with Gasteiger partial charge in [-0.3, -0.25) is 0 Å². The average Bonchev–Trinajstić information content (AvgIpc) is 3.49. The van der Waals surface area contributed by atoms with Crippen LogP contribution in [0.3, 0.4) is 0 Å². The second-order valence-corrected chi connectivity index (χ2v) is 13.0. The highest BCUT2D eigenvalue weighted by Crippen LogP contribution is 2.72. The Bertz CT molecular complexity index is 851. The third-order valence-corrected chi connectivity index (χ3v) is 11.3. The Morgan fingerprint density at radius 2 is 1.94 bits per heavy atom. The topological polar surface area (TPSA) is 69.6 Å². The van der Waals surface area contributed by atoms with Crippen LogP contribution in [0.4, 0.5) is 0 Å². The lowest BCUT2D eigenvalue weighted by molar-refractivity contribution is -0.263. The molecule has 2 saturated heterocycles. The van der Waals surface area contributed by atoms with Gasteiger partial charge in [0.1, 0.15) is 12.2 Å². The molecule has 0 bridgehead atoms. The summed E-state index contributed by atoms with van der Waals surface area (Å²) in [7, 11) is 4.38. The van der Waals surface area contributed by atoms with Gasteiger partial charge in [-0.05, 0) is 94.2 Å². The molecule has 1 N–H and O–H groups in total. The molecule has 2 heterocycles. The van der Waals surface area contributed by atoms with Crippen LogP contribution < -0.4 is 0 Å². The molecule has 0 amide bonds. The number of nitrogens with zero attached hydrogens (tertiary/aromatic N) is 1. The predicted molar refractivity (Wildman–Crippen MR) is 130 cm³/mol. The standard InChI is InChI=1S/C28H45NO6/c1-6-32-19-7-9-25(2)22(12-19)18(14-29(4)5)11-20-21-8-10-27(26(21,3)13-23(30)24(20)25)28(35-17-33-27)15-31-16-34-28/h12,18,20-24,30H,6-11,13-17H2,1-5H3/t18?,20-,21+,22?,23-,24-,25-,26-,27?,28?/m0/s1. The van der Waals surface area contributed by atoms with Crippen LogP contribution in [0.25, 0.3) is 0 Å².